The molecule has 130 valence electrons. The third-order valence-electron chi connectivity index (χ3n) is 4.63. The topological polar surface area (TPSA) is 25.4 Å². The lowest BCUT2D eigenvalue weighted by atomic mass is 10.1. The maximum Gasteiger partial charge on any atom is 0.200 e. The van der Waals surface area contributed by atoms with Gasteiger partial charge in [-0.2, -0.15) is 0 Å². The molecule has 3 nitrogen and oxygen atoms in total. The smallest absolute Gasteiger partial charge is 0.200 e. The number of hydrogen-bond donors (Lipinski definition) is 0. The third kappa shape index (κ3) is 2.97. The molecule has 2 aromatic carbocycles. The number of rotatable bonds is 4. The molecule has 1 aliphatic heterocycles. The maximum atomic E-state index is 6.00. The van der Waals surface area contributed by atoms with Crippen molar-refractivity contribution < 1.29 is 4.74 Å². The van der Waals surface area contributed by atoms with E-state index in [1.165, 1.54) is 10.9 Å². The van der Waals surface area contributed by atoms with Crippen LogP contribution in [0, 0.1) is 0 Å². The van der Waals surface area contributed by atoms with E-state index < -0.39 is 0 Å². The second-order valence-electron chi connectivity index (χ2n) is 6.25. The molecule has 0 amide bonds. The van der Waals surface area contributed by atoms with Crippen LogP contribution in [0.1, 0.15) is 25.1 Å². The zero-order chi connectivity index (χ0) is 17.9. The van der Waals surface area contributed by atoms with Crippen LogP contribution in [0.25, 0.3) is 17.0 Å². The lowest BCUT2D eigenvalue weighted by Gasteiger charge is -2.14. The van der Waals surface area contributed by atoms with Crippen molar-refractivity contribution in [3.63, 3.8) is 0 Å². The Kier molecular flexibility index (Phi) is 4.44. The van der Waals surface area contributed by atoms with E-state index in [9.17, 15) is 0 Å². The fourth-order valence-electron chi connectivity index (χ4n) is 3.32. The predicted octanol–water partition coefficient (Wildman–Crippen LogP) is 5.57. The minimum absolute atomic E-state index is 0.860. The fraction of sp³-hybridized carbons (Fsp3) is 0.174. The van der Waals surface area contributed by atoms with E-state index in [1.807, 2.05) is 30.3 Å². The van der Waals surface area contributed by atoms with Crippen LogP contribution in [0.4, 0.5) is 5.69 Å². The molecule has 0 N–H and O–H groups in total. The van der Waals surface area contributed by atoms with Gasteiger partial charge in [0.15, 0.2) is 5.75 Å². The first-order valence-electron chi connectivity index (χ1n) is 9.11. The molecule has 0 saturated heterocycles. The Bertz CT molecular complexity index is 1000. The lowest BCUT2D eigenvalue weighted by Crippen LogP contribution is -2.18. The van der Waals surface area contributed by atoms with Gasteiger partial charge in [-0.25, -0.2) is 0 Å². The molecule has 0 saturated carbocycles. The Morgan fingerprint density at radius 2 is 1.85 bits per heavy atom. The van der Waals surface area contributed by atoms with Crippen molar-refractivity contribution in [2.75, 3.05) is 11.4 Å². The summed E-state index contributed by atoms with van der Waals surface area (Å²) in [4.78, 5) is 6.89. The van der Waals surface area contributed by atoms with Gasteiger partial charge in [-0.15, -0.1) is 0 Å². The maximum absolute atomic E-state index is 6.00. The number of benzene rings is 2. The van der Waals surface area contributed by atoms with Crippen molar-refractivity contribution >= 4 is 22.7 Å². The number of nitrogens with zero attached hydrogens (tertiary/aromatic N) is 2. The van der Waals surface area contributed by atoms with Crippen molar-refractivity contribution in [2.24, 2.45) is 0 Å². The summed E-state index contributed by atoms with van der Waals surface area (Å²) in [5.74, 6) is 1.77. The third-order valence-corrected chi connectivity index (χ3v) is 4.63. The van der Waals surface area contributed by atoms with E-state index in [4.69, 9.17) is 9.72 Å². The molecule has 0 aliphatic carbocycles. The average molecular weight is 342 g/mol. The van der Waals surface area contributed by atoms with Crippen molar-refractivity contribution in [1.82, 2.24) is 4.98 Å². The second kappa shape index (κ2) is 7.04. The molecular formula is C23H22N2O. The zero-order valence-electron chi connectivity index (χ0n) is 15.1. The zero-order valence-corrected chi connectivity index (χ0v) is 15.1. The van der Waals surface area contributed by atoms with Crippen molar-refractivity contribution in [3.8, 4) is 5.75 Å². The monoisotopic (exact) mass is 342 g/mol. The molecular weight excluding hydrogens is 320 g/mol. The Labute approximate surface area is 154 Å². The van der Waals surface area contributed by atoms with Crippen LogP contribution in [0.5, 0.6) is 5.75 Å². The highest BCUT2D eigenvalue weighted by atomic mass is 16.5. The summed E-state index contributed by atoms with van der Waals surface area (Å²) in [6.07, 6.45) is 7.15. The van der Waals surface area contributed by atoms with Gasteiger partial charge >= 0.3 is 0 Å². The number of hydrogen-bond acceptors (Lipinski definition) is 3. The van der Waals surface area contributed by atoms with E-state index in [0.717, 1.165) is 41.5 Å². The molecule has 0 radical (unpaired) electrons. The normalized spacial score (nSPS) is 15.0. The van der Waals surface area contributed by atoms with Crippen LogP contribution in [-0.4, -0.2) is 11.5 Å². The molecule has 0 spiro atoms. The standard InChI is InChI=1S/C23H22N2O/c1-3-18-16-17(19-11-5-6-12-20(19)24-18)10-9-15-23-25(4-2)21-13-7-8-14-22(21)26-23/h5-16H,3-4H2,1-2H3. The van der Waals surface area contributed by atoms with Gasteiger partial charge in [0.05, 0.1) is 11.2 Å². The Hall–Kier alpha value is -3.07. The summed E-state index contributed by atoms with van der Waals surface area (Å²) in [7, 11) is 0. The molecule has 2 heterocycles. The number of aryl methyl sites for hydroxylation is 1. The van der Waals surface area contributed by atoms with Gasteiger partial charge in [-0.1, -0.05) is 49.4 Å². The van der Waals surface area contributed by atoms with Crippen molar-refractivity contribution in [1.29, 1.82) is 0 Å². The van der Waals surface area contributed by atoms with Crippen molar-refractivity contribution in [2.45, 2.75) is 20.3 Å². The van der Waals surface area contributed by atoms with Crippen LogP contribution in [0.3, 0.4) is 0 Å². The summed E-state index contributed by atoms with van der Waals surface area (Å²) < 4.78 is 6.00. The van der Waals surface area contributed by atoms with Crippen LogP contribution in [0.2, 0.25) is 0 Å². The Balaban J connectivity index is 1.67. The first-order chi connectivity index (χ1) is 12.8. The van der Waals surface area contributed by atoms with Crippen LogP contribution in [-0.2, 0) is 6.42 Å². The first kappa shape index (κ1) is 16.4. The minimum atomic E-state index is 0.860. The summed E-state index contributed by atoms with van der Waals surface area (Å²) in [6, 6.07) is 18.6. The minimum Gasteiger partial charge on any atom is -0.439 e. The molecule has 4 rings (SSSR count). The SMILES string of the molecule is CCc1cc(C=CC=C2Oc3ccccc3N2CC)c2ccccc2n1. The number of allylic oxidation sites excluding steroid dienone is 2. The Morgan fingerprint density at radius 1 is 1.04 bits per heavy atom. The summed E-state index contributed by atoms with van der Waals surface area (Å²) >= 11 is 0. The predicted molar refractivity (Wildman–Crippen MR) is 108 cm³/mol. The highest BCUT2D eigenvalue weighted by molar-refractivity contribution is 5.88. The lowest BCUT2D eigenvalue weighted by molar-refractivity contribution is 0.440. The van der Waals surface area contributed by atoms with Gasteiger partial charge in [0, 0.05) is 17.6 Å². The van der Waals surface area contributed by atoms with Gasteiger partial charge in [-0.3, -0.25) is 4.98 Å². The molecule has 1 aliphatic rings. The second-order valence-corrected chi connectivity index (χ2v) is 6.25. The number of fused-ring (bicyclic) bond motifs is 2. The van der Waals surface area contributed by atoms with E-state index in [2.05, 4.69) is 61.2 Å². The van der Waals surface area contributed by atoms with E-state index in [0.29, 0.717) is 0 Å². The number of aromatic nitrogens is 1. The largest absolute Gasteiger partial charge is 0.439 e. The molecule has 0 unspecified atom stereocenters. The number of para-hydroxylation sites is 3. The van der Waals surface area contributed by atoms with E-state index >= 15 is 0 Å². The molecule has 0 bridgehead atoms. The van der Waals surface area contributed by atoms with Crippen LogP contribution < -0.4 is 9.64 Å². The Morgan fingerprint density at radius 3 is 2.69 bits per heavy atom. The molecule has 3 aromatic rings. The molecule has 26 heavy (non-hydrogen) atoms. The van der Waals surface area contributed by atoms with Gasteiger partial charge in [-0.05, 0) is 49.2 Å². The summed E-state index contributed by atoms with van der Waals surface area (Å²) in [5.41, 5.74) is 4.45. The molecule has 0 atom stereocenters. The number of pyridine rings is 1. The highest BCUT2D eigenvalue weighted by Gasteiger charge is 2.23. The number of anilines is 1. The first-order valence-corrected chi connectivity index (χ1v) is 9.11. The summed E-state index contributed by atoms with van der Waals surface area (Å²) in [5, 5.41) is 1.17. The van der Waals surface area contributed by atoms with Gasteiger partial charge < -0.3 is 9.64 Å². The molecule has 1 aromatic heterocycles. The fourth-order valence-corrected chi connectivity index (χ4v) is 3.32. The van der Waals surface area contributed by atoms with Crippen LogP contribution in [0.15, 0.2) is 72.6 Å². The van der Waals surface area contributed by atoms with E-state index in [-0.39, 0.29) is 0 Å². The highest BCUT2D eigenvalue weighted by Crippen LogP contribution is 2.38. The van der Waals surface area contributed by atoms with E-state index in [1.54, 1.807) is 0 Å². The molecule has 3 heteroatoms. The van der Waals surface area contributed by atoms with Crippen LogP contribution >= 0.6 is 0 Å². The van der Waals surface area contributed by atoms with Gasteiger partial charge in [0.1, 0.15) is 0 Å². The van der Waals surface area contributed by atoms with Gasteiger partial charge in [0.2, 0.25) is 5.88 Å². The quantitative estimate of drug-likeness (QED) is 0.620. The molecule has 0 fully saturated rings. The summed E-state index contributed by atoms with van der Waals surface area (Å²) in [6.45, 7) is 5.14. The van der Waals surface area contributed by atoms with Gasteiger partial charge in [0.25, 0.3) is 0 Å². The average Bonchev–Trinajstić information content (AvgIpc) is 3.05. The van der Waals surface area contributed by atoms with Crippen molar-refractivity contribution in [3.05, 3.63) is 83.9 Å². The number of ether oxygens (including phenoxy) is 1.